The van der Waals surface area contributed by atoms with Gasteiger partial charge in [-0.25, -0.2) is 0 Å². The lowest BCUT2D eigenvalue weighted by molar-refractivity contribution is 0.156. The van der Waals surface area contributed by atoms with Crippen LogP contribution in [0.2, 0.25) is 10.0 Å². The highest BCUT2D eigenvalue weighted by atomic mass is 35.5. The summed E-state index contributed by atoms with van der Waals surface area (Å²) in [7, 11) is 0. The van der Waals surface area contributed by atoms with E-state index in [1.54, 1.807) is 12.4 Å². The first kappa shape index (κ1) is 13.8. The Bertz CT molecular complexity index is 592. The van der Waals surface area contributed by atoms with Gasteiger partial charge in [0.1, 0.15) is 12.2 Å². The zero-order valence-corrected chi connectivity index (χ0v) is 12.3. The quantitative estimate of drug-likeness (QED) is 0.943. The molecule has 7 heteroatoms. The van der Waals surface area contributed by atoms with Crippen molar-refractivity contribution in [2.45, 2.75) is 19.1 Å². The molecule has 5 nitrogen and oxygen atoms in total. The maximum Gasteiger partial charge on any atom is 0.147 e. The van der Waals surface area contributed by atoms with E-state index in [1.807, 2.05) is 12.1 Å². The lowest BCUT2D eigenvalue weighted by Gasteiger charge is -2.34. The highest BCUT2D eigenvalue weighted by molar-refractivity contribution is 6.34. The number of nitrogens with two attached hydrogens (primary N) is 1. The summed E-state index contributed by atoms with van der Waals surface area (Å²) in [5.74, 6) is 0.961. The van der Waals surface area contributed by atoms with Gasteiger partial charge in [0, 0.05) is 35.7 Å². The van der Waals surface area contributed by atoms with E-state index in [1.165, 1.54) is 0 Å². The van der Waals surface area contributed by atoms with E-state index in [4.69, 9.17) is 28.9 Å². The molecule has 3 rings (SSSR count). The average Bonchev–Trinajstić information content (AvgIpc) is 2.86. The summed E-state index contributed by atoms with van der Waals surface area (Å²) in [6, 6.07) is 5.65. The van der Waals surface area contributed by atoms with Crippen LogP contribution in [0.15, 0.2) is 24.5 Å². The number of aromatic nitrogens is 3. The largest absolute Gasteiger partial charge is 0.329 e. The van der Waals surface area contributed by atoms with Gasteiger partial charge in [0.25, 0.3) is 0 Å². The average molecular weight is 312 g/mol. The first-order valence-electron chi connectivity index (χ1n) is 6.44. The number of rotatable bonds is 3. The van der Waals surface area contributed by atoms with E-state index in [0.717, 1.165) is 31.0 Å². The van der Waals surface area contributed by atoms with Crippen LogP contribution in [0.25, 0.3) is 0 Å². The number of hydrogen-bond acceptors (Lipinski definition) is 4. The maximum absolute atomic E-state index is 6.08. The molecule has 1 unspecified atom stereocenters. The third-order valence-corrected chi connectivity index (χ3v) is 4.04. The van der Waals surface area contributed by atoms with Gasteiger partial charge in [-0.15, -0.1) is 10.2 Å². The van der Waals surface area contributed by atoms with E-state index >= 15 is 0 Å². The van der Waals surface area contributed by atoms with Crippen LogP contribution in [0.5, 0.6) is 0 Å². The predicted molar refractivity (Wildman–Crippen MR) is 78.7 cm³/mol. The Morgan fingerprint density at radius 2 is 1.95 bits per heavy atom. The van der Waals surface area contributed by atoms with Crippen molar-refractivity contribution in [1.82, 2.24) is 19.7 Å². The Kier molecular flexibility index (Phi) is 3.94. The smallest absolute Gasteiger partial charge is 0.147 e. The molecular formula is C13H15Cl2N5. The predicted octanol–water partition coefficient (Wildman–Crippen LogP) is 2.10. The molecule has 2 heterocycles. The SMILES string of the molecule is NCC(c1cc(Cl)cc(Cl)c1)N1CCn2cnnc2C1. The van der Waals surface area contributed by atoms with Gasteiger partial charge in [-0.1, -0.05) is 23.2 Å². The summed E-state index contributed by atoms with van der Waals surface area (Å²) in [6.07, 6.45) is 1.76. The highest BCUT2D eigenvalue weighted by Gasteiger charge is 2.25. The summed E-state index contributed by atoms with van der Waals surface area (Å²) >= 11 is 12.2. The van der Waals surface area contributed by atoms with E-state index < -0.39 is 0 Å². The first-order valence-corrected chi connectivity index (χ1v) is 7.20. The van der Waals surface area contributed by atoms with Crippen molar-refractivity contribution < 1.29 is 0 Å². The number of benzene rings is 1. The lowest BCUT2D eigenvalue weighted by atomic mass is 10.0. The van der Waals surface area contributed by atoms with Crippen molar-refractivity contribution in [2.75, 3.05) is 13.1 Å². The molecule has 1 aliphatic heterocycles. The number of fused-ring (bicyclic) bond motifs is 1. The Morgan fingerprint density at radius 1 is 1.20 bits per heavy atom. The van der Waals surface area contributed by atoms with Crippen molar-refractivity contribution in [1.29, 1.82) is 0 Å². The topological polar surface area (TPSA) is 60.0 Å². The molecule has 0 amide bonds. The molecule has 1 aliphatic rings. The minimum absolute atomic E-state index is 0.0802. The fourth-order valence-corrected chi connectivity index (χ4v) is 3.16. The van der Waals surface area contributed by atoms with Crippen LogP contribution in [0.3, 0.4) is 0 Å². The van der Waals surface area contributed by atoms with Crippen LogP contribution in [0, 0.1) is 0 Å². The van der Waals surface area contributed by atoms with Crippen LogP contribution in [-0.4, -0.2) is 32.8 Å². The molecule has 0 bridgehead atoms. The highest BCUT2D eigenvalue weighted by Crippen LogP contribution is 2.28. The number of halogens is 2. The Hall–Kier alpha value is -1.14. The van der Waals surface area contributed by atoms with Gasteiger partial charge in [-0.3, -0.25) is 4.90 Å². The van der Waals surface area contributed by atoms with Gasteiger partial charge >= 0.3 is 0 Å². The van der Waals surface area contributed by atoms with Gasteiger partial charge in [0.2, 0.25) is 0 Å². The van der Waals surface area contributed by atoms with Crippen molar-refractivity contribution >= 4 is 23.2 Å². The molecule has 0 saturated heterocycles. The van der Waals surface area contributed by atoms with Gasteiger partial charge in [-0.2, -0.15) is 0 Å². The van der Waals surface area contributed by atoms with Crippen LogP contribution in [0.1, 0.15) is 17.4 Å². The fourth-order valence-electron chi connectivity index (χ4n) is 2.61. The van der Waals surface area contributed by atoms with E-state index in [0.29, 0.717) is 16.6 Å². The second-order valence-corrected chi connectivity index (χ2v) is 5.74. The van der Waals surface area contributed by atoms with E-state index in [-0.39, 0.29) is 6.04 Å². The summed E-state index contributed by atoms with van der Waals surface area (Å²) < 4.78 is 2.06. The van der Waals surface area contributed by atoms with E-state index in [2.05, 4.69) is 19.7 Å². The summed E-state index contributed by atoms with van der Waals surface area (Å²) in [4.78, 5) is 2.28. The minimum Gasteiger partial charge on any atom is -0.329 e. The van der Waals surface area contributed by atoms with Crippen molar-refractivity contribution in [2.24, 2.45) is 5.73 Å². The normalized spacial score (nSPS) is 16.9. The Labute approximate surface area is 127 Å². The second-order valence-electron chi connectivity index (χ2n) is 4.87. The van der Waals surface area contributed by atoms with Gasteiger partial charge in [0.05, 0.1) is 6.54 Å². The number of nitrogens with zero attached hydrogens (tertiary/aromatic N) is 4. The fraction of sp³-hybridized carbons (Fsp3) is 0.385. The molecular weight excluding hydrogens is 297 g/mol. The van der Waals surface area contributed by atoms with Crippen molar-refractivity contribution in [3.63, 3.8) is 0 Å². The van der Waals surface area contributed by atoms with Crippen LogP contribution < -0.4 is 5.73 Å². The van der Waals surface area contributed by atoms with Gasteiger partial charge < -0.3 is 10.3 Å². The zero-order chi connectivity index (χ0) is 14.1. The molecule has 106 valence electrons. The van der Waals surface area contributed by atoms with Crippen molar-refractivity contribution in [3.05, 3.63) is 46.0 Å². The molecule has 2 aromatic rings. The van der Waals surface area contributed by atoms with Crippen LogP contribution in [-0.2, 0) is 13.1 Å². The molecule has 1 aromatic carbocycles. The zero-order valence-electron chi connectivity index (χ0n) is 10.8. The molecule has 2 N–H and O–H groups in total. The monoisotopic (exact) mass is 311 g/mol. The van der Waals surface area contributed by atoms with Crippen LogP contribution >= 0.6 is 23.2 Å². The van der Waals surface area contributed by atoms with Crippen molar-refractivity contribution in [3.8, 4) is 0 Å². The van der Waals surface area contributed by atoms with E-state index in [9.17, 15) is 0 Å². The summed E-state index contributed by atoms with van der Waals surface area (Å²) in [5.41, 5.74) is 7.00. The Balaban J connectivity index is 1.87. The molecule has 1 atom stereocenters. The molecule has 0 saturated carbocycles. The maximum atomic E-state index is 6.08. The van der Waals surface area contributed by atoms with Crippen LogP contribution in [0.4, 0.5) is 0 Å². The standard InChI is InChI=1S/C13H15Cl2N5/c14-10-3-9(4-11(15)5-10)12(6-16)19-1-2-20-8-17-18-13(20)7-19/h3-5,8,12H,1-2,6-7,16H2. The Morgan fingerprint density at radius 3 is 2.65 bits per heavy atom. The molecule has 0 radical (unpaired) electrons. The molecule has 0 aliphatic carbocycles. The molecule has 0 fully saturated rings. The molecule has 1 aromatic heterocycles. The first-order chi connectivity index (χ1) is 9.67. The second kappa shape index (κ2) is 5.69. The summed E-state index contributed by atoms with van der Waals surface area (Å²) in [6.45, 7) is 3.00. The minimum atomic E-state index is 0.0802. The number of hydrogen-bond donors (Lipinski definition) is 1. The van der Waals surface area contributed by atoms with Gasteiger partial charge in [0.15, 0.2) is 0 Å². The summed E-state index contributed by atoms with van der Waals surface area (Å²) in [5, 5.41) is 9.33. The molecule has 0 spiro atoms. The lowest BCUT2D eigenvalue weighted by Crippen LogP contribution is -2.39. The third kappa shape index (κ3) is 2.67. The molecule has 20 heavy (non-hydrogen) atoms. The van der Waals surface area contributed by atoms with Gasteiger partial charge in [-0.05, 0) is 23.8 Å². The third-order valence-electron chi connectivity index (χ3n) is 3.60.